The minimum atomic E-state index is -0.451. The highest BCUT2D eigenvalue weighted by Gasteiger charge is 2.37. The van der Waals surface area contributed by atoms with Gasteiger partial charge in [0, 0.05) is 19.0 Å². The molecule has 0 radical (unpaired) electrons. The monoisotopic (exact) mass is 364 g/mol. The van der Waals surface area contributed by atoms with Gasteiger partial charge in [-0.3, -0.25) is 9.59 Å². The molecule has 26 heavy (non-hydrogen) atoms. The first kappa shape index (κ1) is 20.0. The van der Waals surface area contributed by atoms with Gasteiger partial charge >= 0.3 is 0 Å². The molecule has 0 aromatic heterocycles. The molecule has 1 heterocycles. The van der Waals surface area contributed by atoms with Crippen LogP contribution in [0.1, 0.15) is 26.7 Å². The zero-order valence-corrected chi connectivity index (χ0v) is 15.8. The van der Waals surface area contributed by atoms with Crippen LogP contribution < -0.4 is 19.7 Å². The van der Waals surface area contributed by atoms with Crippen molar-refractivity contribution in [2.45, 2.75) is 32.7 Å². The zero-order chi connectivity index (χ0) is 19.3. The Bertz CT molecular complexity index is 649. The molecule has 1 saturated heterocycles. The van der Waals surface area contributed by atoms with Gasteiger partial charge in [0.1, 0.15) is 11.5 Å². The van der Waals surface area contributed by atoms with E-state index in [0.29, 0.717) is 17.2 Å². The van der Waals surface area contributed by atoms with Gasteiger partial charge in [0.15, 0.2) is 0 Å². The first-order chi connectivity index (χ1) is 12.4. The van der Waals surface area contributed by atoms with Gasteiger partial charge in [-0.15, -0.1) is 0 Å². The van der Waals surface area contributed by atoms with Crippen LogP contribution >= 0.6 is 0 Å². The van der Waals surface area contributed by atoms with E-state index >= 15 is 0 Å². The number of nitrogens with one attached hydrogen (secondary N) is 1. The molecule has 1 aliphatic rings. The molecular weight excluding hydrogens is 336 g/mol. The molecule has 3 atom stereocenters. The molecule has 1 aromatic carbocycles. The van der Waals surface area contributed by atoms with E-state index < -0.39 is 5.92 Å². The molecule has 144 valence electrons. The molecule has 7 heteroatoms. The zero-order valence-electron chi connectivity index (χ0n) is 15.8. The van der Waals surface area contributed by atoms with Crippen molar-refractivity contribution in [3.63, 3.8) is 0 Å². The van der Waals surface area contributed by atoms with Crippen molar-refractivity contribution < 1.29 is 24.2 Å². The molecule has 0 unspecified atom stereocenters. The maximum absolute atomic E-state index is 12.6. The molecule has 2 N–H and O–H groups in total. The number of anilines is 1. The predicted octanol–water partition coefficient (Wildman–Crippen LogP) is 1.58. The summed E-state index contributed by atoms with van der Waals surface area (Å²) < 4.78 is 10.5. The summed E-state index contributed by atoms with van der Waals surface area (Å²) in [6, 6.07) is 4.92. The fraction of sp³-hybridized carbons (Fsp3) is 0.579. The van der Waals surface area contributed by atoms with Crippen molar-refractivity contribution in [1.29, 1.82) is 0 Å². The van der Waals surface area contributed by atoms with E-state index in [9.17, 15) is 14.7 Å². The SMILES string of the molecule is CC[C@@H](C)[C@@H](CO)NC(=O)[C@H]1CC(=O)N(c2ccc(OC)cc2OC)C1. The second kappa shape index (κ2) is 8.89. The predicted molar refractivity (Wildman–Crippen MR) is 98.5 cm³/mol. The highest BCUT2D eigenvalue weighted by atomic mass is 16.5. The van der Waals surface area contributed by atoms with E-state index in [2.05, 4.69) is 5.32 Å². The Labute approximate surface area is 154 Å². The number of aliphatic hydroxyl groups excluding tert-OH is 1. The summed E-state index contributed by atoms with van der Waals surface area (Å²) in [5.74, 6) is 0.536. The fourth-order valence-electron chi connectivity index (χ4n) is 3.08. The third kappa shape index (κ3) is 4.27. The maximum atomic E-state index is 12.6. The van der Waals surface area contributed by atoms with Crippen LogP contribution in [0.2, 0.25) is 0 Å². The van der Waals surface area contributed by atoms with Gasteiger partial charge < -0.3 is 24.8 Å². The standard InChI is InChI=1S/C19H28N2O5/c1-5-12(2)15(11-22)20-19(24)13-8-18(23)21(10-13)16-7-6-14(25-3)9-17(16)26-4/h6-7,9,12-13,15,22H,5,8,10-11H2,1-4H3,(H,20,24)/t12-,13+,15-/m1/s1. The van der Waals surface area contributed by atoms with Crippen LogP contribution in [-0.2, 0) is 9.59 Å². The van der Waals surface area contributed by atoms with E-state index in [-0.39, 0.29) is 43.3 Å². The Morgan fingerprint density at radius 1 is 1.38 bits per heavy atom. The number of aliphatic hydroxyl groups is 1. The summed E-state index contributed by atoms with van der Waals surface area (Å²) in [6.07, 6.45) is 0.990. The minimum Gasteiger partial charge on any atom is -0.497 e. The highest BCUT2D eigenvalue weighted by Crippen LogP contribution is 2.35. The molecule has 1 aromatic rings. The number of rotatable bonds is 8. The minimum absolute atomic E-state index is 0.114. The summed E-state index contributed by atoms with van der Waals surface area (Å²) in [7, 11) is 3.09. The molecule has 2 rings (SSSR count). The lowest BCUT2D eigenvalue weighted by Crippen LogP contribution is -2.45. The van der Waals surface area contributed by atoms with Crippen LogP contribution in [0.3, 0.4) is 0 Å². The van der Waals surface area contributed by atoms with Gasteiger partial charge in [0.25, 0.3) is 0 Å². The van der Waals surface area contributed by atoms with Gasteiger partial charge in [-0.25, -0.2) is 0 Å². The van der Waals surface area contributed by atoms with Crippen molar-refractivity contribution in [3.05, 3.63) is 18.2 Å². The number of carbonyl (C=O) groups is 2. The number of methoxy groups -OCH3 is 2. The first-order valence-corrected chi connectivity index (χ1v) is 8.88. The summed E-state index contributed by atoms with van der Waals surface area (Å²) in [5.41, 5.74) is 0.620. The molecule has 1 aliphatic heterocycles. The van der Waals surface area contributed by atoms with Crippen molar-refractivity contribution in [2.75, 3.05) is 32.3 Å². The topological polar surface area (TPSA) is 88.1 Å². The largest absolute Gasteiger partial charge is 0.497 e. The van der Waals surface area contributed by atoms with Crippen molar-refractivity contribution in [1.82, 2.24) is 5.32 Å². The van der Waals surface area contributed by atoms with E-state index in [1.807, 2.05) is 13.8 Å². The quantitative estimate of drug-likeness (QED) is 0.731. The average molecular weight is 364 g/mol. The van der Waals surface area contributed by atoms with E-state index in [4.69, 9.17) is 9.47 Å². The summed E-state index contributed by atoms with van der Waals surface area (Å²) in [4.78, 5) is 26.6. The van der Waals surface area contributed by atoms with Crippen LogP contribution in [0, 0.1) is 11.8 Å². The number of hydrogen-bond acceptors (Lipinski definition) is 5. The Hall–Kier alpha value is -2.28. The van der Waals surface area contributed by atoms with Crippen molar-refractivity contribution in [2.24, 2.45) is 11.8 Å². The molecule has 0 aliphatic carbocycles. The molecule has 0 spiro atoms. The van der Waals surface area contributed by atoms with Crippen LogP contribution in [0.4, 0.5) is 5.69 Å². The van der Waals surface area contributed by atoms with Gasteiger partial charge in [0.2, 0.25) is 11.8 Å². The number of benzene rings is 1. The summed E-state index contributed by atoms with van der Waals surface area (Å²) in [5, 5.41) is 12.4. The molecule has 7 nitrogen and oxygen atoms in total. The third-order valence-electron chi connectivity index (χ3n) is 5.03. The van der Waals surface area contributed by atoms with Crippen LogP contribution in [-0.4, -0.2) is 50.3 Å². The number of hydrogen-bond donors (Lipinski definition) is 2. The maximum Gasteiger partial charge on any atom is 0.227 e. The van der Waals surface area contributed by atoms with Crippen LogP contribution in [0.5, 0.6) is 11.5 Å². The Balaban J connectivity index is 2.12. The number of amides is 2. The Morgan fingerprint density at radius 3 is 2.69 bits per heavy atom. The highest BCUT2D eigenvalue weighted by molar-refractivity contribution is 6.01. The fourth-order valence-corrected chi connectivity index (χ4v) is 3.08. The summed E-state index contributed by atoms with van der Waals surface area (Å²) in [6.45, 7) is 4.16. The average Bonchev–Trinajstić information content (AvgIpc) is 3.06. The van der Waals surface area contributed by atoms with E-state index in [1.54, 1.807) is 30.2 Å². The molecule has 0 bridgehead atoms. The van der Waals surface area contributed by atoms with E-state index in [1.165, 1.54) is 7.11 Å². The van der Waals surface area contributed by atoms with Gasteiger partial charge in [-0.2, -0.15) is 0 Å². The van der Waals surface area contributed by atoms with E-state index in [0.717, 1.165) is 6.42 Å². The smallest absolute Gasteiger partial charge is 0.227 e. The first-order valence-electron chi connectivity index (χ1n) is 8.88. The second-order valence-electron chi connectivity index (χ2n) is 6.63. The van der Waals surface area contributed by atoms with Crippen molar-refractivity contribution in [3.8, 4) is 11.5 Å². The Kier molecular flexibility index (Phi) is 6.85. The van der Waals surface area contributed by atoms with Gasteiger partial charge in [-0.1, -0.05) is 20.3 Å². The number of ether oxygens (including phenoxy) is 2. The molecular formula is C19H28N2O5. The van der Waals surface area contributed by atoms with Crippen LogP contribution in [0.15, 0.2) is 18.2 Å². The third-order valence-corrected chi connectivity index (χ3v) is 5.03. The van der Waals surface area contributed by atoms with Crippen molar-refractivity contribution >= 4 is 17.5 Å². The summed E-state index contributed by atoms with van der Waals surface area (Å²) >= 11 is 0. The lowest BCUT2D eigenvalue weighted by molar-refractivity contribution is -0.127. The lowest BCUT2D eigenvalue weighted by atomic mass is 9.98. The lowest BCUT2D eigenvalue weighted by Gasteiger charge is -2.24. The number of carbonyl (C=O) groups excluding carboxylic acids is 2. The number of nitrogens with zero attached hydrogens (tertiary/aromatic N) is 1. The van der Waals surface area contributed by atoms with Gasteiger partial charge in [-0.05, 0) is 18.1 Å². The van der Waals surface area contributed by atoms with Gasteiger partial charge in [0.05, 0.1) is 38.5 Å². The molecule has 2 amide bonds. The normalized spacial score (nSPS) is 19.2. The molecule has 1 fully saturated rings. The second-order valence-corrected chi connectivity index (χ2v) is 6.63. The Morgan fingerprint density at radius 2 is 2.12 bits per heavy atom. The van der Waals surface area contributed by atoms with Crippen LogP contribution in [0.25, 0.3) is 0 Å². The molecule has 0 saturated carbocycles.